The van der Waals surface area contributed by atoms with Crippen LogP contribution in [0.25, 0.3) is 17.2 Å². The lowest BCUT2D eigenvalue weighted by Crippen LogP contribution is -2.55. The van der Waals surface area contributed by atoms with Gasteiger partial charge in [-0.15, -0.1) is 0 Å². The molecule has 0 amide bonds. The number of phenols is 1. The Bertz CT molecular complexity index is 1910. The average Bonchev–Trinajstić information content (AvgIpc) is 3.52. The van der Waals surface area contributed by atoms with Crippen LogP contribution in [0.1, 0.15) is 72.2 Å². The van der Waals surface area contributed by atoms with Gasteiger partial charge in [0, 0.05) is 22.0 Å². The van der Waals surface area contributed by atoms with E-state index in [0.717, 1.165) is 17.5 Å². The van der Waals surface area contributed by atoms with E-state index in [0.29, 0.717) is 5.75 Å². The Morgan fingerprint density at radius 1 is 0.644 bits per heavy atom. The molecule has 1 aliphatic rings. The fraction of sp³-hybridized carbons (Fsp3) is 0.256. The van der Waals surface area contributed by atoms with Crippen LogP contribution in [-0.2, 0) is 17.3 Å². The van der Waals surface area contributed by atoms with Crippen LogP contribution in [0.2, 0.25) is 13.1 Å². The van der Waals surface area contributed by atoms with Crippen molar-refractivity contribution in [3.05, 3.63) is 154 Å². The molecule has 6 rings (SSSR count). The SMILES string of the molecule is Cc1ccc([Si](C)(C)c2cccc3c2C=CC3)c(-c2cc(C(C)(C)c3ccccc3)cc(C(C)(C)c3ccccc3)c2O)c1C. The van der Waals surface area contributed by atoms with Gasteiger partial charge in [0.1, 0.15) is 13.8 Å². The van der Waals surface area contributed by atoms with Crippen molar-refractivity contribution in [2.75, 3.05) is 0 Å². The molecule has 5 aromatic rings. The van der Waals surface area contributed by atoms with Gasteiger partial charge in [-0.25, -0.2) is 0 Å². The van der Waals surface area contributed by atoms with Crippen molar-refractivity contribution < 1.29 is 5.11 Å². The normalized spacial score (nSPS) is 13.2. The van der Waals surface area contributed by atoms with Crippen LogP contribution in [0.15, 0.2) is 109 Å². The third-order valence-corrected chi connectivity index (χ3v) is 14.2. The highest BCUT2D eigenvalue weighted by atomic mass is 28.3. The van der Waals surface area contributed by atoms with Gasteiger partial charge < -0.3 is 5.11 Å². The molecule has 0 fully saturated rings. The van der Waals surface area contributed by atoms with Gasteiger partial charge >= 0.3 is 0 Å². The second-order valence-electron chi connectivity index (χ2n) is 14.4. The number of allylic oxidation sites excluding steroid dienone is 1. The molecule has 45 heavy (non-hydrogen) atoms. The summed E-state index contributed by atoms with van der Waals surface area (Å²) in [6.45, 7) is 18.5. The topological polar surface area (TPSA) is 20.2 Å². The third-order valence-electron chi connectivity index (χ3n) is 10.7. The average molecular weight is 607 g/mol. The zero-order chi connectivity index (χ0) is 32.1. The number of rotatable bonds is 7. The van der Waals surface area contributed by atoms with Gasteiger partial charge in [-0.05, 0) is 81.2 Å². The van der Waals surface area contributed by atoms with Gasteiger partial charge in [0.05, 0.1) is 0 Å². The van der Waals surface area contributed by atoms with Crippen molar-refractivity contribution in [1.29, 1.82) is 0 Å². The molecule has 0 heterocycles. The summed E-state index contributed by atoms with van der Waals surface area (Å²) >= 11 is 0. The summed E-state index contributed by atoms with van der Waals surface area (Å²) in [5, 5.41) is 15.4. The molecule has 1 N–H and O–H groups in total. The summed E-state index contributed by atoms with van der Waals surface area (Å²) in [6.07, 6.45) is 5.61. The third kappa shape index (κ3) is 5.20. The Morgan fingerprint density at radius 2 is 1.27 bits per heavy atom. The molecule has 0 aromatic heterocycles. The van der Waals surface area contributed by atoms with E-state index in [1.54, 1.807) is 0 Å². The summed E-state index contributed by atoms with van der Waals surface area (Å²) in [6, 6.07) is 37.4. The fourth-order valence-electron chi connectivity index (χ4n) is 7.36. The fourth-order valence-corrected chi connectivity index (χ4v) is 10.5. The molecule has 1 nitrogen and oxygen atoms in total. The van der Waals surface area contributed by atoms with Crippen molar-refractivity contribution >= 4 is 24.5 Å². The molecular formula is C43H46OSi. The van der Waals surface area contributed by atoms with Gasteiger partial charge in [0.25, 0.3) is 0 Å². The van der Waals surface area contributed by atoms with Crippen LogP contribution in [0.5, 0.6) is 5.75 Å². The maximum Gasteiger partial charge on any atom is 0.127 e. The van der Waals surface area contributed by atoms with Crippen molar-refractivity contribution in [2.24, 2.45) is 0 Å². The first-order valence-corrected chi connectivity index (χ1v) is 19.2. The second kappa shape index (κ2) is 11.3. The Hall–Kier alpha value is -4.14. The highest BCUT2D eigenvalue weighted by molar-refractivity contribution is 7.01. The van der Waals surface area contributed by atoms with Crippen LogP contribution in [0.3, 0.4) is 0 Å². The maximum absolute atomic E-state index is 12.5. The van der Waals surface area contributed by atoms with Gasteiger partial charge in [-0.1, -0.05) is 150 Å². The predicted molar refractivity (Wildman–Crippen MR) is 196 cm³/mol. The number of phenolic OH excluding ortho intramolecular Hbond substituents is 1. The van der Waals surface area contributed by atoms with Crippen LogP contribution in [0, 0.1) is 13.8 Å². The molecule has 0 atom stereocenters. The number of benzene rings is 5. The molecule has 5 aromatic carbocycles. The lowest BCUT2D eigenvalue weighted by atomic mass is 9.71. The summed E-state index contributed by atoms with van der Waals surface area (Å²) in [7, 11) is -2.23. The summed E-state index contributed by atoms with van der Waals surface area (Å²) in [4.78, 5) is 0. The Labute approximate surface area is 271 Å². The van der Waals surface area contributed by atoms with E-state index in [1.807, 2.05) is 0 Å². The van der Waals surface area contributed by atoms with Crippen LogP contribution >= 0.6 is 0 Å². The smallest absolute Gasteiger partial charge is 0.127 e. The lowest BCUT2D eigenvalue weighted by molar-refractivity contribution is 0.453. The highest BCUT2D eigenvalue weighted by Gasteiger charge is 2.36. The minimum absolute atomic E-state index is 0.277. The molecule has 0 unspecified atom stereocenters. The van der Waals surface area contributed by atoms with E-state index < -0.39 is 13.5 Å². The van der Waals surface area contributed by atoms with Crippen molar-refractivity contribution in [3.63, 3.8) is 0 Å². The number of aryl methyl sites for hydroxylation is 1. The van der Waals surface area contributed by atoms with Crippen molar-refractivity contribution in [3.8, 4) is 16.9 Å². The largest absolute Gasteiger partial charge is 0.507 e. The molecule has 1 aliphatic carbocycles. The molecule has 0 radical (unpaired) electrons. The van der Waals surface area contributed by atoms with E-state index in [-0.39, 0.29) is 5.41 Å². The Kier molecular flexibility index (Phi) is 7.78. The minimum Gasteiger partial charge on any atom is -0.507 e. The number of fused-ring (bicyclic) bond motifs is 1. The standard InChI is InChI=1S/C43H46OSi/c1-29-25-26-39(45(7,8)38-24-16-18-31-17-15-23-35(31)38)40(30(29)2)36-27-34(42(3,4)32-19-11-9-12-20-32)28-37(41(36)44)43(5,6)33-21-13-10-14-22-33/h9-16,18-28,44H,17H2,1-8H3. The molecule has 228 valence electrons. The Morgan fingerprint density at radius 3 is 1.91 bits per heavy atom. The van der Waals surface area contributed by atoms with Crippen LogP contribution in [0.4, 0.5) is 0 Å². The molecule has 0 saturated heterocycles. The highest BCUT2D eigenvalue weighted by Crippen LogP contribution is 2.46. The zero-order valence-corrected chi connectivity index (χ0v) is 29.1. The van der Waals surface area contributed by atoms with Crippen molar-refractivity contribution in [1.82, 2.24) is 0 Å². The minimum atomic E-state index is -2.23. The first-order valence-electron chi connectivity index (χ1n) is 16.2. The molecule has 0 saturated carbocycles. The van der Waals surface area contributed by atoms with Crippen molar-refractivity contribution in [2.45, 2.75) is 71.9 Å². The monoisotopic (exact) mass is 606 g/mol. The lowest BCUT2D eigenvalue weighted by Gasteiger charge is -2.34. The van der Waals surface area contributed by atoms with E-state index in [1.165, 1.54) is 54.9 Å². The van der Waals surface area contributed by atoms with Crippen LogP contribution < -0.4 is 10.4 Å². The van der Waals surface area contributed by atoms with Gasteiger partial charge in [0.2, 0.25) is 0 Å². The van der Waals surface area contributed by atoms with Crippen LogP contribution in [-0.4, -0.2) is 13.2 Å². The summed E-state index contributed by atoms with van der Waals surface area (Å²) in [5.41, 5.74) is 11.3. The molecule has 0 spiro atoms. The zero-order valence-electron chi connectivity index (χ0n) is 28.1. The molecular weight excluding hydrogens is 561 g/mol. The van der Waals surface area contributed by atoms with Gasteiger partial charge in [-0.3, -0.25) is 0 Å². The number of hydrogen-bond donors (Lipinski definition) is 1. The predicted octanol–water partition coefficient (Wildman–Crippen LogP) is 9.72. The summed E-state index contributed by atoms with van der Waals surface area (Å²) in [5.74, 6) is 0.384. The first kappa shape index (κ1) is 30.9. The van der Waals surface area contributed by atoms with E-state index in [4.69, 9.17) is 0 Å². The van der Waals surface area contributed by atoms with Gasteiger partial charge in [-0.2, -0.15) is 0 Å². The second-order valence-corrected chi connectivity index (χ2v) is 18.8. The Balaban J connectivity index is 1.68. The quantitative estimate of drug-likeness (QED) is 0.183. The first-order chi connectivity index (χ1) is 21.3. The number of hydrogen-bond acceptors (Lipinski definition) is 1. The molecule has 2 heteroatoms. The molecule has 0 aliphatic heterocycles. The maximum atomic E-state index is 12.5. The van der Waals surface area contributed by atoms with E-state index >= 15 is 0 Å². The van der Waals surface area contributed by atoms with Gasteiger partial charge in [0.15, 0.2) is 0 Å². The summed E-state index contributed by atoms with van der Waals surface area (Å²) < 4.78 is 0. The molecule has 0 bridgehead atoms. The number of aromatic hydroxyl groups is 1. The van der Waals surface area contributed by atoms with E-state index in [2.05, 4.69) is 170 Å². The van der Waals surface area contributed by atoms with E-state index in [9.17, 15) is 5.11 Å².